The van der Waals surface area contributed by atoms with E-state index in [0.29, 0.717) is 17.4 Å². The van der Waals surface area contributed by atoms with Gasteiger partial charge in [-0.15, -0.1) is 0 Å². The van der Waals surface area contributed by atoms with Gasteiger partial charge in [0.15, 0.2) is 6.10 Å². The molecule has 1 N–H and O–H groups in total. The van der Waals surface area contributed by atoms with E-state index >= 15 is 0 Å². The minimum absolute atomic E-state index is 0.0362. The third-order valence-electron chi connectivity index (χ3n) is 16.7. The predicted molar refractivity (Wildman–Crippen MR) is 358 cm³/mol. The molecule has 0 spiro atoms. The van der Waals surface area contributed by atoms with Crippen molar-refractivity contribution in [3.05, 3.63) is 24.3 Å². The fourth-order valence-electron chi connectivity index (χ4n) is 11.1. The van der Waals surface area contributed by atoms with Crippen LogP contribution in [-0.2, 0) is 32.7 Å². The van der Waals surface area contributed by atoms with Crippen molar-refractivity contribution in [1.82, 2.24) is 0 Å². The van der Waals surface area contributed by atoms with Gasteiger partial charge in [-0.2, -0.15) is 0 Å². The Morgan fingerprint density at radius 3 is 0.952 bits per heavy atom. The number of quaternary nitrogens is 1. The number of hydrogen-bond donors (Lipinski definition) is 1. The Labute approximate surface area is 517 Å². The van der Waals surface area contributed by atoms with Gasteiger partial charge >= 0.3 is 19.8 Å². The van der Waals surface area contributed by atoms with Crippen molar-refractivity contribution in [1.29, 1.82) is 0 Å². The number of phosphoric ester groups is 1. The summed E-state index contributed by atoms with van der Waals surface area (Å²) in [5.41, 5.74) is 0. The minimum Gasteiger partial charge on any atom is -0.462 e. The van der Waals surface area contributed by atoms with Crippen LogP contribution in [0.5, 0.6) is 0 Å². The molecule has 0 heterocycles. The first-order valence-electron chi connectivity index (χ1n) is 36.6. The standard InChI is InChI=1S/C73H142NO8P/c1-6-8-10-12-14-16-18-20-22-24-26-28-30-32-33-34-35-36-37-38-39-40-41-42-44-46-48-50-52-54-56-58-60-62-64-66-73(76)82-71(70-81-83(77,78)80-68-67-74(3,4)5)69-79-72(75)65-63-61-59-57-55-53-51-49-47-45-43-31-29-27-25-23-21-19-17-15-13-11-9-7-2/h18,20,24,26,71H,6-17,19,21-23,25,27-70H2,1-5H3/p+1/b20-18-,26-24-. The van der Waals surface area contributed by atoms with E-state index < -0.39 is 26.5 Å². The van der Waals surface area contributed by atoms with Crippen LogP contribution >= 0.6 is 7.82 Å². The highest BCUT2D eigenvalue weighted by Crippen LogP contribution is 2.43. The van der Waals surface area contributed by atoms with Gasteiger partial charge in [-0.25, -0.2) is 4.57 Å². The molecule has 9 nitrogen and oxygen atoms in total. The highest BCUT2D eigenvalue weighted by atomic mass is 31.2. The Bertz CT molecular complexity index is 1450. The van der Waals surface area contributed by atoms with Gasteiger partial charge in [0.05, 0.1) is 27.7 Å². The van der Waals surface area contributed by atoms with E-state index in [4.69, 9.17) is 18.5 Å². The average molecular weight is 1190 g/mol. The van der Waals surface area contributed by atoms with E-state index in [-0.39, 0.29) is 25.6 Å². The van der Waals surface area contributed by atoms with E-state index in [1.807, 2.05) is 21.1 Å². The maximum atomic E-state index is 12.9. The zero-order valence-corrected chi connectivity index (χ0v) is 57.1. The lowest BCUT2D eigenvalue weighted by Gasteiger charge is -2.24. The first-order chi connectivity index (χ1) is 40.5. The van der Waals surface area contributed by atoms with Gasteiger partial charge in [-0.3, -0.25) is 18.6 Å². The summed E-state index contributed by atoms with van der Waals surface area (Å²) in [7, 11) is 1.50. The number of ether oxygens (including phenoxy) is 2. The Hall–Kier alpha value is -1.51. The molecule has 0 radical (unpaired) electrons. The van der Waals surface area contributed by atoms with Crippen molar-refractivity contribution in [3.63, 3.8) is 0 Å². The molecule has 2 unspecified atom stereocenters. The fraction of sp³-hybridized carbons (Fsp3) is 0.918. The lowest BCUT2D eigenvalue weighted by molar-refractivity contribution is -0.870. The van der Waals surface area contributed by atoms with Crippen LogP contribution < -0.4 is 0 Å². The molecule has 0 aliphatic carbocycles. The second kappa shape index (κ2) is 64.9. The van der Waals surface area contributed by atoms with Crippen LogP contribution in [0.15, 0.2) is 24.3 Å². The zero-order chi connectivity index (χ0) is 60.5. The molecule has 0 amide bonds. The van der Waals surface area contributed by atoms with Crippen molar-refractivity contribution < 1.29 is 42.1 Å². The SMILES string of the molecule is CCCCCCC/C=C\C/C=C\CCCCCCCCCCCCCCCCCCCCCCCCCC(=O)OC(COC(=O)CCCCCCCCCCCCCCCCCCCCCCCCCC)COP(=O)(O)OCC[N+](C)(C)C. The summed E-state index contributed by atoms with van der Waals surface area (Å²) < 4.78 is 34.8. The van der Waals surface area contributed by atoms with Gasteiger partial charge in [0.25, 0.3) is 0 Å². The Morgan fingerprint density at radius 1 is 0.373 bits per heavy atom. The highest BCUT2D eigenvalue weighted by Gasteiger charge is 2.27. The quantitative estimate of drug-likeness (QED) is 0.0211. The molecule has 0 aromatic rings. The van der Waals surface area contributed by atoms with E-state index in [1.54, 1.807) is 0 Å². The number of carbonyl (C=O) groups excluding carboxylic acids is 2. The second-order valence-electron chi connectivity index (χ2n) is 26.3. The molecular weight excluding hydrogens is 1050 g/mol. The van der Waals surface area contributed by atoms with E-state index in [2.05, 4.69) is 38.2 Å². The molecule has 0 rings (SSSR count). The largest absolute Gasteiger partial charge is 0.472 e. The number of hydrogen-bond acceptors (Lipinski definition) is 7. The molecule has 0 aliphatic heterocycles. The van der Waals surface area contributed by atoms with Crippen molar-refractivity contribution >= 4 is 19.8 Å². The third kappa shape index (κ3) is 69.5. The van der Waals surface area contributed by atoms with Crippen LogP contribution in [0.3, 0.4) is 0 Å². The number of phosphoric acid groups is 1. The van der Waals surface area contributed by atoms with Gasteiger partial charge in [0.2, 0.25) is 0 Å². The number of carbonyl (C=O) groups is 2. The van der Waals surface area contributed by atoms with E-state index in [0.717, 1.165) is 44.9 Å². The molecule has 0 saturated heterocycles. The van der Waals surface area contributed by atoms with E-state index in [9.17, 15) is 19.0 Å². The van der Waals surface area contributed by atoms with Crippen LogP contribution in [0.4, 0.5) is 0 Å². The summed E-state index contributed by atoms with van der Waals surface area (Å²) in [6, 6.07) is 0. The van der Waals surface area contributed by atoms with Gasteiger partial charge in [-0.05, 0) is 44.9 Å². The monoisotopic (exact) mass is 1190 g/mol. The van der Waals surface area contributed by atoms with Crippen molar-refractivity contribution in [2.24, 2.45) is 0 Å². The number of rotatable bonds is 69. The molecule has 0 aromatic carbocycles. The third-order valence-corrected chi connectivity index (χ3v) is 17.7. The Balaban J connectivity index is 3.94. The van der Waals surface area contributed by atoms with Crippen molar-refractivity contribution in [2.45, 2.75) is 386 Å². The summed E-state index contributed by atoms with van der Waals surface area (Å²) in [6.07, 6.45) is 81.6. The summed E-state index contributed by atoms with van der Waals surface area (Å²) in [5.74, 6) is -0.771. The minimum atomic E-state index is -4.39. The smallest absolute Gasteiger partial charge is 0.462 e. The summed E-state index contributed by atoms with van der Waals surface area (Å²) in [5, 5.41) is 0. The number of likely N-dealkylation sites (N-methyl/N-ethyl adjacent to an activating group) is 1. The lowest BCUT2D eigenvalue weighted by Crippen LogP contribution is -2.37. The number of nitrogens with zero attached hydrogens (tertiary/aromatic N) is 1. The first kappa shape index (κ1) is 81.5. The van der Waals surface area contributed by atoms with Crippen molar-refractivity contribution in [2.75, 3.05) is 47.5 Å². The summed E-state index contributed by atoms with van der Waals surface area (Å²) in [6.45, 7) is 4.51. The fourth-order valence-corrected chi connectivity index (χ4v) is 11.9. The number of unbranched alkanes of at least 4 members (excludes halogenated alkanes) is 51. The topological polar surface area (TPSA) is 108 Å². The molecule has 0 fully saturated rings. The second-order valence-corrected chi connectivity index (χ2v) is 27.8. The van der Waals surface area contributed by atoms with Crippen molar-refractivity contribution in [3.8, 4) is 0 Å². The summed E-state index contributed by atoms with van der Waals surface area (Å²) in [4.78, 5) is 35.9. The maximum Gasteiger partial charge on any atom is 0.472 e. The first-order valence-corrected chi connectivity index (χ1v) is 38.1. The number of esters is 2. The van der Waals surface area contributed by atoms with E-state index in [1.165, 1.54) is 308 Å². The van der Waals surface area contributed by atoms with Gasteiger partial charge in [-0.1, -0.05) is 346 Å². The number of allylic oxidation sites excluding steroid dienone is 4. The Kier molecular flexibility index (Phi) is 63.8. The maximum absolute atomic E-state index is 12.9. The van der Waals surface area contributed by atoms with Gasteiger partial charge in [0.1, 0.15) is 19.8 Å². The highest BCUT2D eigenvalue weighted by molar-refractivity contribution is 7.47. The predicted octanol–water partition coefficient (Wildman–Crippen LogP) is 23.7. The molecule has 492 valence electrons. The van der Waals surface area contributed by atoms with Crippen LogP contribution in [0.25, 0.3) is 0 Å². The normalized spacial score (nSPS) is 13.2. The zero-order valence-electron chi connectivity index (χ0n) is 56.2. The molecule has 0 bridgehead atoms. The molecule has 2 atom stereocenters. The van der Waals surface area contributed by atoms with Crippen LogP contribution in [-0.4, -0.2) is 74.9 Å². The van der Waals surface area contributed by atoms with Crippen LogP contribution in [0.2, 0.25) is 0 Å². The average Bonchev–Trinajstić information content (AvgIpc) is 3.49. The Morgan fingerprint density at radius 2 is 0.651 bits per heavy atom. The molecule has 0 aromatic heterocycles. The molecule has 0 aliphatic rings. The lowest BCUT2D eigenvalue weighted by atomic mass is 10.0. The molecule has 83 heavy (non-hydrogen) atoms. The van der Waals surface area contributed by atoms with Crippen LogP contribution in [0, 0.1) is 0 Å². The summed E-state index contributed by atoms with van der Waals surface area (Å²) >= 11 is 0. The van der Waals surface area contributed by atoms with Gasteiger partial charge < -0.3 is 18.9 Å². The molecule has 0 saturated carbocycles. The molecule has 10 heteroatoms. The van der Waals surface area contributed by atoms with Gasteiger partial charge in [0, 0.05) is 12.8 Å². The molecular formula is C73H143NO8P+. The van der Waals surface area contributed by atoms with Crippen LogP contribution in [0.1, 0.15) is 380 Å².